The molecule has 3 N–H and O–H groups in total. The largest absolute Gasteiger partial charge is 0.387 e. The second-order valence-corrected chi connectivity index (χ2v) is 4.99. The monoisotopic (exact) mass is 251 g/mol. The van der Waals surface area contributed by atoms with Crippen LogP contribution in [0.1, 0.15) is 12.0 Å². The summed E-state index contributed by atoms with van der Waals surface area (Å²) in [5.74, 6) is 0.625. The smallest absolute Gasteiger partial charge is 0.222 e. The van der Waals surface area contributed by atoms with Gasteiger partial charge in [-0.15, -0.1) is 0 Å². The van der Waals surface area contributed by atoms with Crippen molar-refractivity contribution in [1.29, 1.82) is 0 Å². The molecule has 2 rings (SSSR count). The average molecular weight is 251 g/mol. The van der Waals surface area contributed by atoms with Gasteiger partial charge in [0.25, 0.3) is 0 Å². The van der Waals surface area contributed by atoms with E-state index in [0.717, 1.165) is 25.1 Å². The number of β-amino-alcohol motifs (C(OH)–C–C–N with tert-alkyl or cyclic N) is 1. The highest BCUT2D eigenvalue weighted by Gasteiger charge is 2.31. The van der Waals surface area contributed by atoms with E-state index in [-0.39, 0.29) is 0 Å². The van der Waals surface area contributed by atoms with E-state index in [1.807, 2.05) is 19.4 Å². The van der Waals surface area contributed by atoms with Gasteiger partial charge in [-0.25, -0.2) is 9.97 Å². The minimum Gasteiger partial charge on any atom is -0.387 e. The second kappa shape index (κ2) is 5.60. The van der Waals surface area contributed by atoms with Gasteiger partial charge in [0, 0.05) is 44.6 Å². The molecule has 0 bridgehead atoms. The molecule has 1 unspecified atom stereocenters. The first kappa shape index (κ1) is 13.2. The number of likely N-dealkylation sites (N-methyl/N-ethyl adjacent to an activating group) is 1. The summed E-state index contributed by atoms with van der Waals surface area (Å²) in [7, 11) is 3.80. The zero-order chi connectivity index (χ0) is 13.0. The van der Waals surface area contributed by atoms with Crippen molar-refractivity contribution in [2.24, 2.45) is 0 Å². The summed E-state index contributed by atoms with van der Waals surface area (Å²) >= 11 is 0. The molecule has 0 radical (unpaired) electrons. The molecule has 0 saturated carbocycles. The fourth-order valence-corrected chi connectivity index (χ4v) is 2.30. The lowest BCUT2D eigenvalue weighted by Crippen LogP contribution is -2.42. The molecule has 0 aromatic carbocycles. The molecule has 18 heavy (non-hydrogen) atoms. The topological polar surface area (TPSA) is 73.3 Å². The molecule has 0 spiro atoms. The van der Waals surface area contributed by atoms with Crippen molar-refractivity contribution < 1.29 is 5.11 Å². The molecule has 0 aliphatic carbocycles. The molecule has 1 atom stereocenters. The Bertz CT molecular complexity index is 375. The molecule has 1 fully saturated rings. The normalized spacial score (nSPS) is 23.6. The van der Waals surface area contributed by atoms with E-state index in [9.17, 15) is 5.11 Å². The van der Waals surface area contributed by atoms with Crippen LogP contribution in [0.5, 0.6) is 0 Å². The van der Waals surface area contributed by atoms with Gasteiger partial charge in [0.05, 0.1) is 5.60 Å². The summed E-state index contributed by atoms with van der Waals surface area (Å²) in [5, 5.41) is 16.4. The zero-order valence-electron chi connectivity index (χ0n) is 11.0. The first-order valence-corrected chi connectivity index (χ1v) is 6.22. The third-order valence-electron chi connectivity index (χ3n) is 3.17. The summed E-state index contributed by atoms with van der Waals surface area (Å²) in [4.78, 5) is 10.5. The molecule has 0 amide bonds. The molecule has 2 heterocycles. The number of nitrogens with zero attached hydrogens (tertiary/aromatic N) is 3. The first-order chi connectivity index (χ1) is 8.61. The number of aromatic nitrogens is 2. The quantitative estimate of drug-likeness (QED) is 0.666. The number of nitrogens with one attached hydrogen (secondary N) is 2. The standard InChI is InChI=1S/C12H21N5O/c1-13-11-15-5-10(6-16-11)7-17(2)9-12(18)3-4-14-8-12/h5-6,14,18H,3-4,7-9H2,1-2H3,(H,13,15,16). The Labute approximate surface area is 107 Å². The molecular formula is C12H21N5O. The van der Waals surface area contributed by atoms with Crippen LogP contribution in [0.3, 0.4) is 0 Å². The highest BCUT2D eigenvalue weighted by molar-refractivity contribution is 5.23. The fraction of sp³-hybridized carbons (Fsp3) is 0.667. The van der Waals surface area contributed by atoms with Gasteiger partial charge < -0.3 is 15.7 Å². The fourth-order valence-electron chi connectivity index (χ4n) is 2.30. The number of hydrogen-bond donors (Lipinski definition) is 3. The van der Waals surface area contributed by atoms with E-state index in [1.165, 1.54) is 0 Å². The maximum atomic E-state index is 10.3. The Morgan fingerprint density at radius 3 is 2.78 bits per heavy atom. The SMILES string of the molecule is CNc1ncc(CN(C)CC2(O)CCNC2)cn1. The van der Waals surface area contributed by atoms with Gasteiger partial charge in [-0.2, -0.15) is 0 Å². The summed E-state index contributed by atoms with van der Waals surface area (Å²) < 4.78 is 0. The van der Waals surface area contributed by atoms with Crippen molar-refractivity contribution in [3.8, 4) is 0 Å². The van der Waals surface area contributed by atoms with Gasteiger partial charge in [-0.05, 0) is 20.0 Å². The third kappa shape index (κ3) is 3.38. The molecule has 1 aromatic heterocycles. The van der Waals surface area contributed by atoms with Crippen molar-refractivity contribution in [2.75, 3.05) is 39.0 Å². The van der Waals surface area contributed by atoms with Crippen molar-refractivity contribution >= 4 is 5.95 Å². The first-order valence-electron chi connectivity index (χ1n) is 6.22. The number of hydrogen-bond acceptors (Lipinski definition) is 6. The predicted molar refractivity (Wildman–Crippen MR) is 70.3 cm³/mol. The Balaban J connectivity index is 1.88. The summed E-state index contributed by atoms with van der Waals surface area (Å²) in [6.07, 6.45) is 4.44. The maximum absolute atomic E-state index is 10.3. The van der Waals surface area contributed by atoms with Gasteiger partial charge in [0.2, 0.25) is 5.95 Å². The Morgan fingerprint density at radius 2 is 2.22 bits per heavy atom. The van der Waals surface area contributed by atoms with Crippen LogP contribution in [-0.2, 0) is 6.54 Å². The Kier molecular flexibility index (Phi) is 4.11. The predicted octanol–water partition coefficient (Wildman–Crippen LogP) is -0.326. The van der Waals surface area contributed by atoms with Gasteiger partial charge in [-0.1, -0.05) is 0 Å². The van der Waals surface area contributed by atoms with Gasteiger partial charge >= 0.3 is 0 Å². The number of aliphatic hydroxyl groups is 1. The van der Waals surface area contributed by atoms with Crippen LogP contribution in [-0.4, -0.2) is 59.3 Å². The van der Waals surface area contributed by atoms with Gasteiger partial charge in [0.15, 0.2) is 0 Å². The van der Waals surface area contributed by atoms with Crippen LogP contribution in [0, 0.1) is 0 Å². The number of rotatable bonds is 5. The molecule has 1 aliphatic rings. The van der Waals surface area contributed by atoms with E-state index in [2.05, 4.69) is 25.5 Å². The van der Waals surface area contributed by atoms with Crippen LogP contribution in [0.15, 0.2) is 12.4 Å². The molecule has 1 aliphatic heterocycles. The Hall–Kier alpha value is -1.24. The zero-order valence-corrected chi connectivity index (χ0v) is 11.0. The minimum absolute atomic E-state index is 0.597. The average Bonchev–Trinajstić information content (AvgIpc) is 2.76. The van der Waals surface area contributed by atoms with Crippen LogP contribution in [0.25, 0.3) is 0 Å². The lowest BCUT2D eigenvalue weighted by molar-refractivity contribution is 0.0263. The van der Waals surface area contributed by atoms with E-state index in [0.29, 0.717) is 19.0 Å². The second-order valence-electron chi connectivity index (χ2n) is 4.99. The third-order valence-corrected chi connectivity index (χ3v) is 3.17. The van der Waals surface area contributed by atoms with Crippen molar-refractivity contribution in [1.82, 2.24) is 20.2 Å². The molecule has 1 saturated heterocycles. The van der Waals surface area contributed by atoms with Crippen molar-refractivity contribution in [3.63, 3.8) is 0 Å². The van der Waals surface area contributed by atoms with Crippen molar-refractivity contribution in [2.45, 2.75) is 18.6 Å². The minimum atomic E-state index is -0.597. The molecule has 6 nitrogen and oxygen atoms in total. The lowest BCUT2D eigenvalue weighted by atomic mass is 10.0. The van der Waals surface area contributed by atoms with Gasteiger partial charge in [0.1, 0.15) is 0 Å². The van der Waals surface area contributed by atoms with Crippen molar-refractivity contribution in [3.05, 3.63) is 18.0 Å². The highest BCUT2D eigenvalue weighted by atomic mass is 16.3. The summed E-state index contributed by atoms with van der Waals surface area (Å²) in [6, 6.07) is 0. The molecular weight excluding hydrogens is 230 g/mol. The van der Waals surface area contributed by atoms with E-state index >= 15 is 0 Å². The maximum Gasteiger partial charge on any atom is 0.222 e. The van der Waals surface area contributed by atoms with Crippen LogP contribution in [0.4, 0.5) is 5.95 Å². The molecule has 100 valence electrons. The molecule has 6 heteroatoms. The van der Waals surface area contributed by atoms with E-state index in [1.54, 1.807) is 7.05 Å². The Morgan fingerprint density at radius 1 is 1.50 bits per heavy atom. The molecule has 1 aromatic rings. The van der Waals surface area contributed by atoms with E-state index in [4.69, 9.17) is 0 Å². The van der Waals surface area contributed by atoms with Gasteiger partial charge in [-0.3, -0.25) is 4.90 Å². The van der Waals surface area contributed by atoms with Crippen LogP contribution < -0.4 is 10.6 Å². The lowest BCUT2D eigenvalue weighted by Gasteiger charge is -2.27. The number of anilines is 1. The van der Waals surface area contributed by atoms with E-state index < -0.39 is 5.60 Å². The summed E-state index contributed by atoms with van der Waals surface area (Å²) in [5.41, 5.74) is 0.451. The highest BCUT2D eigenvalue weighted by Crippen LogP contribution is 2.16. The van der Waals surface area contributed by atoms with Crippen LogP contribution in [0.2, 0.25) is 0 Å². The summed E-state index contributed by atoms with van der Waals surface area (Å²) in [6.45, 7) is 2.97. The van der Waals surface area contributed by atoms with Crippen LogP contribution >= 0.6 is 0 Å².